The predicted octanol–water partition coefficient (Wildman–Crippen LogP) is 3.78. The Kier molecular flexibility index (Phi) is 4.51. The van der Waals surface area contributed by atoms with Gasteiger partial charge in [-0.15, -0.1) is 0 Å². The summed E-state index contributed by atoms with van der Waals surface area (Å²) in [7, 11) is 0. The number of amidine groups is 1. The second-order valence-corrected chi connectivity index (χ2v) is 7.37. The molecule has 0 unspecified atom stereocenters. The predicted molar refractivity (Wildman–Crippen MR) is 109 cm³/mol. The topological polar surface area (TPSA) is 65.8 Å². The molecule has 5 nitrogen and oxygen atoms in total. The molecule has 0 saturated heterocycles. The summed E-state index contributed by atoms with van der Waals surface area (Å²) >= 11 is 1.65. The lowest BCUT2D eigenvalue weighted by atomic mass is 10.1. The van der Waals surface area contributed by atoms with Crippen LogP contribution in [0.15, 0.2) is 46.5 Å². The number of amides is 1. The molecule has 2 aromatic rings. The number of nitrogens with zero attached hydrogens (tertiary/aromatic N) is 2. The number of hydrogen-bond acceptors (Lipinski definition) is 4. The van der Waals surface area contributed by atoms with Crippen molar-refractivity contribution in [3.8, 4) is 0 Å². The maximum atomic E-state index is 11.5. The fraction of sp³-hybridized carbons (Fsp3) is 0.250. The van der Waals surface area contributed by atoms with E-state index < -0.39 is 0 Å². The number of hydrazone groups is 1. The molecule has 132 valence electrons. The minimum absolute atomic E-state index is 0.0506. The standard InChI is InChI=1S/C20H20N4OS/c1-3-13-6-4-5-12(2)19(13)22-20-24-23-17(11-26-20)14-7-8-16-15(9-14)10-18(25)21-16/h4-9H,3,10-11H2,1-2H3,(H,21,25)(H,22,24). The van der Waals surface area contributed by atoms with Crippen molar-refractivity contribution >= 4 is 39.9 Å². The molecule has 2 aliphatic rings. The number of hydrogen-bond donors (Lipinski definition) is 2. The molecular weight excluding hydrogens is 344 g/mol. The van der Waals surface area contributed by atoms with Crippen LogP contribution in [-0.2, 0) is 17.6 Å². The first-order chi connectivity index (χ1) is 12.6. The van der Waals surface area contributed by atoms with Crippen LogP contribution in [0.3, 0.4) is 0 Å². The first-order valence-electron chi connectivity index (χ1n) is 8.69. The van der Waals surface area contributed by atoms with Crippen LogP contribution in [0.2, 0.25) is 0 Å². The van der Waals surface area contributed by atoms with E-state index in [1.54, 1.807) is 11.8 Å². The summed E-state index contributed by atoms with van der Waals surface area (Å²) in [6.07, 6.45) is 1.39. The molecule has 26 heavy (non-hydrogen) atoms. The molecule has 1 amide bonds. The van der Waals surface area contributed by atoms with Gasteiger partial charge in [0, 0.05) is 11.4 Å². The Bertz CT molecular complexity index is 949. The number of aryl methyl sites for hydroxylation is 2. The number of para-hydroxylation sites is 1. The van der Waals surface area contributed by atoms with Gasteiger partial charge in [-0.2, -0.15) is 5.10 Å². The lowest BCUT2D eigenvalue weighted by Crippen LogP contribution is -2.25. The highest BCUT2D eigenvalue weighted by Gasteiger charge is 2.20. The molecule has 0 spiro atoms. The highest BCUT2D eigenvalue weighted by Crippen LogP contribution is 2.28. The van der Waals surface area contributed by atoms with E-state index in [4.69, 9.17) is 4.99 Å². The summed E-state index contributed by atoms with van der Waals surface area (Å²) in [5.74, 6) is 0.800. The summed E-state index contributed by atoms with van der Waals surface area (Å²) in [6, 6.07) is 12.3. The number of fused-ring (bicyclic) bond motifs is 1. The van der Waals surface area contributed by atoms with Crippen LogP contribution in [0.4, 0.5) is 11.4 Å². The van der Waals surface area contributed by atoms with Crippen molar-refractivity contribution in [2.24, 2.45) is 10.1 Å². The molecule has 0 fully saturated rings. The number of benzene rings is 2. The molecule has 0 aromatic heterocycles. The Morgan fingerprint density at radius 2 is 2.15 bits per heavy atom. The van der Waals surface area contributed by atoms with E-state index in [0.717, 1.165) is 45.6 Å². The van der Waals surface area contributed by atoms with Crippen LogP contribution in [0.25, 0.3) is 0 Å². The number of aliphatic imine (C=N–C) groups is 1. The van der Waals surface area contributed by atoms with Crippen molar-refractivity contribution in [3.63, 3.8) is 0 Å². The number of thioether (sulfide) groups is 1. The van der Waals surface area contributed by atoms with Gasteiger partial charge in [0.2, 0.25) is 5.91 Å². The van der Waals surface area contributed by atoms with E-state index in [0.29, 0.717) is 6.42 Å². The first-order valence-corrected chi connectivity index (χ1v) is 9.68. The zero-order chi connectivity index (χ0) is 18.1. The van der Waals surface area contributed by atoms with Gasteiger partial charge in [-0.3, -0.25) is 10.2 Å². The van der Waals surface area contributed by atoms with E-state index in [9.17, 15) is 4.79 Å². The van der Waals surface area contributed by atoms with Gasteiger partial charge in [0.1, 0.15) is 0 Å². The van der Waals surface area contributed by atoms with Crippen LogP contribution in [0.5, 0.6) is 0 Å². The Morgan fingerprint density at radius 1 is 1.27 bits per heavy atom. The SMILES string of the molecule is CCc1cccc(C)c1N=C1NN=C(c2ccc3c(c2)CC(=O)N3)CS1. The van der Waals surface area contributed by atoms with E-state index in [2.05, 4.69) is 47.9 Å². The van der Waals surface area contributed by atoms with Gasteiger partial charge in [-0.25, -0.2) is 4.99 Å². The molecule has 6 heteroatoms. The summed E-state index contributed by atoms with van der Waals surface area (Å²) in [6.45, 7) is 4.23. The third-order valence-corrected chi connectivity index (χ3v) is 5.49. The van der Waals surface area contributed by atoms with Gasteiger partial charge in [-0.05, 0) is 47.7 Å². The summed E-state index contributed by atoms with van der Waals surface area (Å²) in [5, 5.41) is 8.19. The smallest absolute Gasteiger partial charge is 0.228 e. The molecule has 0 bridgehead atoms. The van der Waals surface area contributed by atoms with Crippen molar-refractivity contribution < 1.29 is 4.79 Å². The molecule has 0 saturated carbocycles. The second kappa shape index (κ2) is 6.96. The van der Waals surface area contributed by atoms with Crippen LogP contribution < -0.4 is 10.7 Å². The normalized spacial score (nSPS) is 17.5. The van der Waals surface area contributed by atoms with E-state index in [1.165, 1.54) is 11.1 Å². The summed E-state index contributed by atoms with van der Waals surface area (Å²) in [4.78, 5) is 16.3. The number of carbonyl (C=O) groups excluding carboxylic acids is 1. The Hall–Kier alpha value is -2.60. The van der Waals surface area contributed by atoms with Gasteiger partial charge < -0.3 is 5.32 Å². The molecule has 2 aliphatic heterocycles. The molecule has 0 atom stereocenters. The van der Waals surface area contributed by atoms with Crippen LogP contribution >= 0.6 is 11.8 Å². The van der Waals surface area contributed by atoms with Crippen molar-refractivity contribution in [1.82, 2.24) is 5.43 Å². The Morgan fingerprint density at radius 3 is 2.92 bits per heavy atom. The molecule has 2 aromatic carbocycles. The summed E-state index contributed by atoms with van der Waals surface area (Å²) < 4.78 is 0. The Labute approximate surface area is 157 Å². The van der Waals surface area contributed by atoms with Crippen molar-refractivity contribution in [2.45, 2.75) is 26.7 Å². The number of nitrogens with one attached hydrogen (secondary N) is 2. The molecule has 2 N–H and O–H groups in total. The third kappa shape index (κ3) is 3.24. The van der Waals surface area contributed by atoms with Crippen LogP contribution in [0, 0.1) is 6.92 Å². The summed E-state index contributed by atoms with van der Waals surface area (Å²) in [5.41, 5.74) is 10.5. The van der Waals surface area contributed by atoms with Crippen LogP contribution in [0.1, 0.15) is 29.2 Å². The molecule has 4 rings (SSSR count). The maximum absolute atomic E-state index is 11.5. The largest absolute Gasteiger partial charge is 0.326 e. The van der Waals surface area contributed by atoms with Crippen molar-refractivity contribution in [1.29, 1.82) is 0 Å². The van der Waals surface area contributed by atoms with Gasteiger partial charge in [0.25, 0.3) is 0 Å². The Balaban J connectivity index is 1.56. The fourth-order valence-electron chi connectivity index (χ4n) is 3.20. The first kappa shape index (κ1) is 16.8. The second-order valence-electron chi connectivity index (χ2n) is 6.41. The molecule has 0 aliphatic carbocycles. The highest BCUT2D eigenvalue weighted by molar-refractivity contribution is 8.14. The number of carbonyl (C=O) groups is 1. The zero-order valence-corrected chi connectivity index (χ0v) is 15.6. The average molecular weight is 364 g/mol. The maximum Gasteiger partial charge on any atom is 0.228 e. The monoisotopic (exact) mass is 364 g/mol. The molecule has 2 heterocycles. The third-order valence-electron chi connectivity index (χ3n) is 4.61. The van der Waals surface area contributed by atoms with Gasteiger partial charge in [-0.1, -0.05) is 43.0 Å². The lowest BCUT2D eigenvalue weighted by Gasteiger charge is -2.16. The number of rotatable bonds is 3. The molecular formula is C20H20N4OS. The van der Waals surface area contributed by atoms with Crippen molar-refractivity contribution in [2.75, 3.05) is 11.1 Å². The zero-order valence-electron chi connectivity index (χ0n) is 14.8. The minimum atomic E-state index is 0.0506. The van der Waals surface area contributed by atoms with Crippen molar-refractivity contribution in [3.05, 3.63) is 58.7 Å². The number of anilines is 1. The van der Waals surface area contributed by atoms with E-state index in [1.807, 2.05) is 18.2 Å². The van der Waals surface area contributed by atoms with E-state index >= 15 is 0 Å². The quantitative estimate of drug-likeness (QED) is 0.871. The van der Waals surface area contributed by atoms with Gasteiger partial charge >= 0.3 is 0 Å². The minimum Gasteiger partial charge on any atom is -0.326 e. The molecule has 0 radical (unpaired) electrons. The fourth-order valence-corrected chi connectivity index (χ4v) is 3.97. The average Bonchev–Trinajstić information content (AvgIpc) is 3.03. The van der Waals surface area contributed by atoms with E-state index in [-0.39, 0.29) is 5.91 Å². The highest BCUT2D eigenvalue weighted by atomic mass is 32.2. The lowest BCUT2D eigenvalue weighted by molar-refractivity contribution is -0.115. The van der Waals surface area contributed by atoms with Crippen LogP contribution in [-0.4, -0.2) is 22.5 Å². The van der Waals surface area contributed by atoms with Gasteiger partial charge in [0.05, 0.1) is 17.8 Å². The van der Waals surface area contributed by atoms with Gasteiger partial charge in [0.15, 0.2) is 5.17 Å².